The van der Waals surface area contributed by atoms with Crippen molar-refractivity contribution >= 4 is 45.7 Å². The van der Waals surface area contributed by atoms with Gasteiger partial charge in [-0.1, -0.05) is 44.0 Å². The molecule has 0 aliphatic heterocycles. The molecule has 8 heteroatoms. The molecule has 0 bridgehead atoms. The maximum Gasteiger partial charge on any atom is 0.262 e. The van der Waals surface area contributed by atoms with Gasteiger partial charge in [-0.15, -0.1) is 11.3 Å². The van der Waals surface area contributed by atoms with Crippen molar-refractivity contribution in [2.45, 2.75) is 33.2 Å². The van der Waals surface area contributed by atoms with E-state index in [1.54, 1.807) is 37.3 Å². The molecule has 4 N–H and O–H groups in total. The summed E-state index contributed by atoms with van der Waals surface area (Å²) in [5.74, 6) is -1.39. The lowest BCUT2D eigenvalue weighted by atomic mass is 9.98. The van der Waals surface area contributed by atoms with Crippen LogP contribution < -0.4 is 16.4 Å². The molecule has 1 aromatic heterocycles. The normalized spacial score (nSPS) is 12.9. The van der Waals surface area contributed by atoms with Gasteiger partial charge < -0.3 is 16.4 Å². The molecule has 2 aromatic rings. The third kappa shape index (κ3) is 5.08. The minimum absolute atomic E-state index is 0.0777. The highest BCUT2D eigenvalue weighted by atomic mass is 35.5. The van der Waals surface area contributed by atoms with E-state index in [2.05, 4.69) is 10.6 Å². The second-order valence-corrected chi connectivity index (χ2v) is 7.76. The SMILES string of the molecule is CCC(C)C(NC(=O)c1sc(NC(=O)c2ccccc2Cl)cc1C)C(N)=O. The summed E-state index contributed by atoms with van der Waals surface area (Å²) in [6, 6.07) is 7.67. The first-order chi connectivity index (χ1) is 12.7. The fourth-order valence-corrected chi connectivity index (χ4v) is 3.72. The van der Waals surface area contributed by atoms with Crippen LogP contribution in [0.3, 0.4) is 0 Å². The molecule has 1 heterocycles. The molecule has 144 valence electrons. The van der Waals surface area contributed by atoms with Crippen LogP contribution in [-0.2, 0) is 4.79 Å². The van der Waals surface area contributed by atoms with Crippen molar-refractivity contribution in [1.29, 1.82) is 0 Å². The van der Waals surface area contributed by atoms with Gasteiger partial charge in [0, 0.05) is 0 Å². The van der Waals surface area contributed by atoms with Crippen LogP contribution in [-0.4, -0.2) is 23.8 Å². The molecule has 3 amide bonds. The number of amides is 3. The van der Waals surface area contributed by atoms with E-state index in [9.17, 15) is 14.4 Å². The maximum atomic E-state index is 12.6. The largest absolute Gasteiger partial charge is 0.368 e. The van der Waals surface area contributed by atoms with Crippen LogP contribution >= 0.6 is 22.9 Å². The number of anilines is 1. The molecule has 1 aromatic carbocycles. The summed E-state index contributed by atoms with van der Waals surface area (Å²) in [5, 5.41) is 6.31. The van der Waals surface area contributed by atoms with Gasteiger partial charge in [0.15, 0.2) is 0 Å². The van der Waals surface area contributed by atoms with Crippen molar-refractivity contribution in [1.82, 2.24) is 5.32 Å². The Morgan fingerprint density at radius 2 is 1.89 bits per heavy atom. The van der Waals surface area contributed by atoms with Gasteiger partial charge in [0.1, 0.15) is 6.04 Å². The zero-order chi connectivity index (χ0) is 20.1. The molecule has 0 spiro atoms. The molecule has 27 heavy (non-hydrogen) atoms. The fourth-order valence-electron chi connectivity index (χ4n) is 2.53. The van der Waals surface area contributed by atoms with Crippen LogP contribution in [0.4, 0.5) is 5.00 Å². The van der Waals surface area contributed by atoms with Crippen LogP contribution in [0.5, 0.6) is 0 Å². The number of carbonyl (C=O) groups is 3. The van der Waals surface area contributed by atoms with Crippen LogP contribution in [0.2, 0.25) is 5.02 Å². The number of benzene rings is 1. The van der Waals surface area contributed by atoms with E-state index in [1.807, 2.05) is 13.8 Å². The molecule has 2 rings (SSSR count). The summed E-state index contributed by atoms with van der Waals surface area (Å²) in [6.07, 6.45) is 0.705. The monoisotopic (exact) mass is 407 g/mol. The Morgan fingerprint density at radius 3 is 2.48 bits per heavy atom. The van der Waals surface area contributed by atoms with Crippen LogP contribution in [0.1, 0.15) is 45.9 Å². The van der Waals surface area contributed by atoms with Crippen LogP contribution in [0.25, 0.3) is 0 Å². The van der Waals surface area contributed by atoms with Crippen LogP contribution in [0, 0.1) is 12.8 Å². The first kappa shape index (κ1) is 20.9. The Morgan fingerprint density at radius 1 is 1.22 bits per heavy atom. The molecule has 2 atom stereocenters. The third-order valence-electron chi connectivity index (χ3n) is 4.29. The summed E-state index contributed by atoms with van der Waals surface area (Å²) in [6.45, 7) is 5.54. The lowest BCUT2D eigenvalue weighted by Crippen LogP contribution is -2.48. The average molecular weight is 408 g/mol. The number of nitrogens with one attached hydrogen (secondary N) is 2. The highest BCUT2D eigenvalue weighted by molar-refractivity contribution is 7.18. The van der Waals surface area contributed by atoms with Gasteiger partial charge in [0.05, 0.1) is 20.5 Å². The first-order valence-corrected chi connectivity index (χ1v) is 9.70. The molecule has 0 aliphatic carbocycles. The van der Waals surface area contributed by atoms with Gasteiger partial charge in [-0.25, -0.2) is 0 Å². The summed E-state index contributed by atoms with van der Waals surface area (Å²) in [4.78, 5) is 37.0. The molecular formula is C19H22ClN3O3S. The summed E-state index contributed by atoms with van der Waals surface area (Å²) in [7, 11) is 0. The second-order valence-electron chi connectivity index (χ2n) is 6.30. The van der Waals surface area contributed by atoms with Gasteiger partial charge in [-0.05, 0) is 36.6 Å². The van der Waals surface area contributed by atoms with Crippen molar-refractivity contribution in [3.05, 3.63) is 51.4 Å². The predicted octanol–water partition coefficient (Wildman–Crippen LogP) is 3.59. The fraction of sp³-hybridized carbons (Fsp3) is 0.316. The predicted molar refractivity (Wildman–Crippen MR) is 108 cm³/mol. The number of aryl methyl sites for hydroxylation is 1. The number of thiophene rings is 1. The van der Waals surface area contributed by atoms with Crippen molar-refractivity contribution in [2.24, 2.45) is 11.7 Å². The smallest absolute Gasteiger partial charge is 0.262 e. The standard InChI is InChI=1S/C19H22ClN3O3S/c1-4-10(2)15(17(21)24)23-19(26)16-11(3)9-14(27-16)22-18(25)12-7-5-6-8-13(12)20/h5-10,15H,4H2,1-3H3,(H2,21,24)(H,22,25)(H,23,26). The summed E-state index contributed by atoms with van der Waals surface area (Å²) >= 11 is 7.17. The number of hydrogen-bond acceptors (Lipinski definition) is 4. The zero-order valence-corrected chi connectivity index (χ0v) is 16.9. The molecule has 0 saturated carbocycles. The van der Waals surface area contributed by atoms with Crippen molar-refractivity contribution in [3.63, 3.8) is 0 Å². The highest BCUT2D eigenvalue weighted by Gasteiger charge is 2.26. The average Bonchev–Trinajstić information content (AvgIpc) is 2.99. The van der Waals surface area contributed by atoms with E-state index in [4.69, 9.17) is 17.3 Å². The molecular weight excluding hydrogens is 386 g/mol. The van der Waals surface area contributed by atoms with Gasteiger partial charge in [-0.3, -0.25) is 14.4 Å². The minimum Gasteiger partial charge on any atom is -0.368 e. The third-order valence-corrected chi connectivity index (χ3v) is 5.77. The molecule has 0 saturated heterocycles. The van der Waals surface area contributed by atoms with E-state index < -0.39 is 11.9 Å². The molecule has 0 radical (unpaired) electrons. The van der Waals surface area contributed by atoms with E-state index in [0.29, 0.717) is 32.4 Å². The lowest BCUT2D eigenvalue weighted by molar-refractivity contribution is -0.120. The van der Waals surface area contributed by atoms with Crippen molar-refractivity contribution < 1.29 is 14.4 Å². The quantitative estimate of drug-likeness (QED) is 0.653. The van der Waals surface area contributed by atoms with E-state index in [1.165, 1.54) is 0 Å². The summed E-state index contributed by atoms with van der Waals surface area (Å²) in [5.41, 5.74) is 6.45. The highest BCUT2D eigenvalue weighted by Crippen LogP contribution is 2.28. The van der Waals surface area contributed by atoms with Gasteiger partial charge in [-0.2, -0.15) is 0 Å². The van der Waals surface area contributed by atoms with Crippen LogP contribution in [0.15, 0.2) is 30.3 Å². The maximum absolute atomic E-state index is 12.6. The lowest BCUT2D eigenvalue weighted by Gasteiger charge is -2.20. The zero-order valence-electron chi connectivity index (χ0n) is 15.3. The summed E-state index contributed by atoms with van der Waals surface area (Å²) < 4.78 is 0. The van der Waals surface area contributed by atoms with Gasteiger partial charge in [0.25, 0.3) is 11.8 Å². The minimum atomic E-state index is -0.745. The Bertz CT molecular complexity index is 866. The second kappa shape index (κ2) is 9.01. The molecule has 0 aliphatic rings. The number of primary amides is 1. The number of carbonyl (C=O) groups excluding carboxylic acids is 3. The number of halogens is 1. The van der Waals surface area contributed by atoms with E-state index >= 15 is 0 Å². The Hall–Kier alpha value is -2.38. The van der Waals surface area contributed by atoms with Crippen molar-refractivity contribution in [3.8, 4) is 0 Å². The molecule has 0 fully saturated rings. The first-order valence-electron chi connectivity index (χ1n) is 8.51. The number of hydrogen-bond donors (Lipinski definition) is 3. The number of nitrogens with two attached hydrogens (primary N) is 1. The Balaban J connectivity index is 2.15. The molecule has 6 nitrogen and oxygen atoms in total. The van der Waals surface area contributed by atoms with Gasteiger partial charge >= 0.3 is 0 Å². The Kier molecular flexibility index (Phi) is 6.98. The molecule has 2 unspecified atom stereocenters. The number of rotatable bonds is 7. The Labute approximate surface area is 167 Å². The van der Waals surface area contributed by atoms with E-state index in [0.717, 1.165) is 11.3 Å². The topological polar surface area (TPSA) is 101 Å². The van der Waals surface area contributed by atoms with Gasteiger partial charge in [0.2, 0.25) is 5.91 Å². The van der Waals surface area contributed by atoms with E-state index in [-0.39, 0.29) is 17.7 Å². The van der Waals surface area contributed by atoms with Crippen molar-refractivity contribution in [2.75, 3.05) is 5.32 Å².